The average Bonchev–Trinajstić information content (AvgIpc) is 2.76. The lowest BCUT2D eigenvalue weighted by atomic mass is 10.1. The van der Waals surface area contributed by atoms with Crippen LogP contribution in [0, 0.1) is 5.92 Å². The minimum absolute atomic E-state index is 0.208. The smallest absolute Gasteiger partial charge is 0.244 e. The largest absolute Gasteiger partial charge is 0.354 e. The Morgan fingerprint density at radius 1 is 0.969 bits per heavy atom. The van der Waals surface area contributed by atoms with E-state index in [2.05, 4.69) is 5.32 Å². The van der Waals surface area contributed by atoms with E-state index in [-0.39, 0.29) is 24.9 Å². The van der Waals surface area contributed by atoms with E-state index in [0.717, 1.165) is 16.1 Å². The molecule has 0 heterocycles. The molecule has 1 N–H and O–H groups in total. The fraction of sp³-hybridized carbons (Fsp3) is 0.417. The molecular weight excluding hydrogens is 426 g/mol. The van der Waals surface area contributed by atoms with E-state index in [1.54, 1.807) is 30.3 Å². The first-order valence-corrected chi connectivity index (χ1v) is 12.6. The van der Waals surface area contributed by atoms with Gasteiger partial charge in [0.1, 0.15) is 12.6 Å². The van der Waals surface area contributed by atoms with Gasteiger partial charge < -0.3 is 10.2 Å². The van der Waals surface area contributed by atoms with Crippen molar-refractivity contribution in [2.24, 2.45) is 5.92 Å². The Morgan fingerprint density at radius 3 is 2.03 bits per heavy atom. The number of benzene rings is 2. The molecule has 0 bridgehead atoms. The number of nitrogens with one attached hydrogen (secondary N) is 1. The van der Waals surface area contributed by atoms with Crippen LogP contribution in [-0.2, 0) is 26.2 Å². The molecule has 0 fully saturated rings. The van der Waals surface area contributed by atoms with E-state index < -0.39 is 22.0 Å². The summed E-state index contributed by atoms with van der Waals surface area (Å²) < 4.78 is 26.0. The van der Waals surface area contributed by atoms with Gasteiger partial charge in [-0.25, -0.2) is 8.42 Å². The minimum atomic E-state index is -3.71. The molecule has 174 valence electrons. The summed E-state index contributed by atoms with van der Waals surface area (Å²) in [5.74, 6) is -0.403. The second-order valence-corrected chi connectivity index (χ2v) is 10.1. The number of amides is 2. The van der Waals surface area contributed by atoms with Crippen molar-refractivity contribution in [3.8, 4) is 0 Å². The van der Waals surface area contributed by atoms with E-state index in [4.69, 9.17) is 0 Å². The number of para-hydroxylation sites is 1. The lowest BCUT2D eigenvalue weighted by Gasteiger charge is -2.33. The van der Waals surface area contributed by atoms with Crippen molar-refractivity contribution in [1.82, 2.24) is 10.2 Å². The zero-order valence-electron chi connectivity index (χ0n) is 19.2. The first-order valence-electron chi connectivity index (χ1n) is 10.8. The van der Waals surface area contributed by atoms with Crippen LogP contribution in [-0.4, -0.2) is 50.5 Å². The Hall–Kier alpha value is -2.87. The van der Waals surface area contributed by atoms with Crippen LogP contribution in [0.3, 0.4) is 0 Å². The van der Waals surface area contributed by atoms with Gasteiger partial charge in [0.05, 0.1) is 11.9 Å². The molecule has 0 spiro atoms. The molecule has 32 heavy (non-hydrogen) atoms. The Balaban J connectivity index is 2.36. The molecule has 0 saturated heterocycles. The van der Waals surface area contributed by atoms with Gasteiger partial charge in [-0.3, -0.25) is 13.9 Å². The van der Waals surface area contributed by atoms with Gasteiger partial charge in [0.15, 0.2) is 0 Å². The molecule has 2 aromatic rings. The first kappa shape index (κ1) is 25.4. The fourth-order valence-corrected chi connectivity index (χ4v) is 4.18. The van der Waals surface area contributed by atoms with Crippen molar-refractivity contribution in [2.75, 3.05) is 23.7 Å². The van der Waals surface area contributed by atoms with Crippen LogP contribution in [0.4, 0.5) is 5.69 Å². The van der Waals surface area contributed by atoms with E-state index in [1.165, 1.54) is 4.90 Å². The standard InChI is InChI=1S/C24H33N3O4S/c1-5-22(24(29)25-16-19(2)3)26(17-20-12-8-6-9-13-20)23(28)18-27(32(4,30)31)21-14-10-7-11-15-21/h6-15,19,22H,5,16-18H2,1-4H3,(H,25,29)/t22-/m1/s1. The molecule has 0 saturated carbocycles. The van der Waals surface area contributed by atoms with Crippen LogP contribution in [0.1, 0.15) is 32.8 Å². The van der Waals surface area contributed by atoms with Crippen molar-refractivity contribution >= 4 is 27.5 Å². The van der Waals surface area contributed by atoms with Gasteiger partial charge in [-0.2, -0.15) is 0 Å². The molecular formula is C24H33N3O4S. The lowest BCUT2D eigenvalue weighted by molar-refractivity contribution is -0.140. The predicted molar refractivity (Wildman–Crippen MR) is 128 cm³/mol. The summed E-state index contributed by atoms with van der Waals surface area (Å²) in [6.45, 7) is 6.16. The van der Waals surface area contributed by atoms with Crippen LogP contribution < -0.4 is 9.62 Å². The molecule has 7 nitrogen and oxygen atoms in total. The second-order valence-electron chi connectivity index (χ2n) is 8.18. The summed E-state index contributed by atoms with van der Waals surface area (Å²) in [7, 11) is -3.71. The monoisotopic (exact) mass is 459 g/mol. The minimum Gasteiger partial charge on any atom is -0.354 e. The van der Waals surface area contributed by atoms with Gasteiger partial charge in [0.2, 0.25) is 21.8 Å². The van der Waals surface area contributed by atoms with Crippen LogP contribution in [0.5, 0.6) is 0 Å². The van der Waals surface area contributed by atoms with Gasteiger partial charge in [-0.05, 0) is 30.0 Å². The predicted octanol–water partition coefficient (Wildman–Crippen LogP) is 3.03. The van der Waals surface area contributed by atoms with Crippen LogP contribution in [0.2, 0.25) is 0 Å². The van der Waals surface area contributed by atoms with Crippen molar-refractivity contribution in [3.05, 3.63) is 66.2 Å². The summed E-state index contributed by atoms with van der Waals surface area (Å²) in [5, 5.41) is 2.90. The number of carbonyl (C=O) groups is 2. The van der Waals surface area contributed by atoms with E-state index in [1.807, 2.05) is 51.1 Å². The summed E-state index contributed by atoms with van der Waals surface area (Å²) in [5.41, 5.74) is 1.27. The molecule has 2 amide bonds. The molecule has 0 aliphatic heterocycles. The van der Waals surface area contributed by atoms with Gasteiger partial charge in [0.25, 0.3) is 0 Å². The Labute approximate surface area is 191 Å². The van der Waals surface area contributed by atoms with E-state index in [9.17, 15) is 18.0 Å². The Morgan fingerprint density at radius 2 is 1.53 bits per heavy atom. The maximum Gasteiger partial charge on any atom is 0.244 e. The van der Waals surface area contributed by atoms with Gasteiger partial charge in [-0.15, -0.1) is 0 Å². The number of rotatable bonds is 11. The topological polar surface area (TPSA) is 86.8 Å². The highest BCUT2D eigenvalue weighted by atomic mass is 32.2. The Kier molecular flexibility index (Phi) is 9.26. The van der Waals surface area contributed by atoms with Crippen LogP contribution in [0.25, 0.3) is 0 Å². The van der Waals surface area contributed by atoms with Gasteiger partial charge in [-0.1, -0.05) is 69.3 Å². The van der Waals surface area contributed by atoms with Crippen LogP contribution in [0.15, 0.2) is 60.7 Å². The quantitative estimate of drug-likeness (QED) is 0.560. The third kappa shape index (κ3) is 7.37. The Bertz CT molecular complexity index is 979. The number of anilines is 1. The maximum absolute atomic E-state index is 13.5. The van der Waals surface area contributed by atoms with Gasteiger partial charge >= 0.3 is 0 Å². The molecule has 0 aliphatic rings. The molecule has 0 aromatic heterocycles. The number of hydrogen-bond acceptors (Lipinski definition) is 4. The lowest BCUT2D eigenvalue weighted by Crippen LogP contribution is -2.52. The molecule has 2 rings (SSSR count). The van der Waals surface area contributed by atoms with Crippen molar-refractivity contribution in [2.45, 2.75) is 39.8 Å². The highest BCUT2D eigenvalue weighted by Crippen LogP contribution is 2.19. The van der Waals surface area contributed by atoms with Crippen molar-refractivity contribution < 1.29 is 18.0 Å². The summed E-state index contributed by atoms with van der Waals surface area (Å²) in [6.07, 6.45) is 1.48. The average molecular weight is 460 g/mol. The molecule has 0 unspecified atom stereocenters. The van der Waals surface area contributed by atoms with Gasteiger partial charge in [0, 0.05) is 13.1 Å². The van der Waals surface area contributed by atoms with E-state index in [0.29, 0.717) is 18.7 Å². The highest BCUT2D eigenvalue weighted by Gasteiger charge is 2.31. The highest BCUT2D eigenvalue weighted by molar-refractivity contribution is 7.92. The SMILES string of the molecule is CC[C@H](C(=O)NCC(C)C)N(Cc1ccccc1)C(=O)CN(c1ccccc1)S(C)(=O)=O. The fourth-order valence-electron chi connectivity index (χ4n) is 3.33. The number of sulfonamides is 1. The zero-order valence-corrected chi connectivity index (χ0v) is 20.0. The summed E-state index contributed by atoms with van der Waals surface area (Å²) in [6, 6.07) is 17.2. The van der Waals surface area contributed by atoms with Crippen molar-refractivity contribution in [3.63, 3.8) is 0 Å². The zero-order chi connectivity index (χ0) is 23.7. The third-order valence-electron chi connectivity index (χ3n) is 4.99. The molecule has 0 aliphatic carbocycles. The van der Waals surface area contributed by atoms with E-state index >= 15 is 0 Å². The number of carbonyl (C=O) groups excluding carboxylic acids is 2. The summed E-state index contributed by atoms with van der Waals surface area (Å²) >= 11 is 0. The summed E-state index contributed by atoms with van der Waals surface area (Å²) in [4.78, 5) is 27.9. The third-order valence-corrected chi connectivity index (χ3v) is 6.13. The maximum atomic E-state index is 13.5. The normalized spacial score (nSPS) is 12.3. The van der Waals surface area contributed by atoms with Crippen LogP contribution >= 0.6 is 0 Å². The molecule has 1 atom stereocenters. The molecule has 8 heteroatoms. The second kappa shape index (κ2) is 11.7. The van der Waals surface area contributed by atoms with Crippen molar-refractivity contribution in [1.29, 1.82) is 0 Å². The number of nitrogens with zero attached hydrogens (tertiary/aromatic N) is 2. The molecule has 2 aromatic carbocycles. The number of hydrogen-bond donors (Lipinski definition) is 1. The first-order chi connectivity index (χ1) is 15.1. The molecule has 0 radical (unpaired) electrons.